The van der Waals surface area contributed by atoms with Crippen LogP contribution in [0.4, 0.5) is 0 Å². The molecule has 0 aromatic rings. The van der Waals surface area contributed by atoms with Crippen molar-refractivity contribution in [2.75, 3.05) is 0 Å². The molecule has 32 heavy (non-hydrogen) atoms. The predicted molar refractivity (Wildman–Crippen MR) is 128 cm³/mol. The molecule has 2 saturated carbocycles. The first kappa shape index (κ1) is 25.9. The van der Waals surface area contributed by atoms with Crippen LogP contribution >= 0.6 is 0 Å². The van der Waals surface area contributed by atoms with Crippen LogP contribution in [0, 0.1) is 47.3 Å². The van der Waals surface area contributed by atoms with Crippen molar-refractivity contribution in [3.63, 3.8) is 0 Å². The molecule has 4 nitrogen and oxygen atoms in total. The third-order valence-electron chi connectivity index (χ3n) is 7.74. The number of hydrogen-bond acceptors (Lipinski definition) is 4. The summed E-state index contributed by atoms with van der Waals surface area (Å²) in [7, 11) is 0. The first-order valence-corrected chi connectivity index (χ1v) is 13.4. The standard InChI is InChI=1S/C28H48O4/c1-15(2)9-19-13-20(10-16(3)4)26-23(14-19)31-27-21(11-17(5)6)24(29)25(30)22(12-18(7)8)28(27)32-26/h15-23,26-28H,9-14H2,1-8H3. The van der Waals surface area contributed by atoms with E-state index < -0.39 is 0 Å². The Morgan fingerprint density at radius 2 is 1.09 bits per heavy atom. The van der Waals surface area contributed by atoms with Gasteiger partial charge < -0.3 is 9.47 Å². The lowest BCUT2D eigenvalue weighted by Gasteiger charge is -2.54. The van der Waals surface area contributed by atoms with E-state index in [9.17, 15) is 9.59 Å². The quantitative estimate of drug-likeness (QED) is 0.421. The van der Waals surface area contributed by atoms with E-state index in [1.165, 1.54) is 12.8 Å². The van der Waals surface area contributed by atoms with Crippen molar-refractivity contribution in [3.8, 4) is 0 Å². The minimum atomic E-state index is -0.357. The molecule has 184 valence electrons. The second-order valence-corrected chi connectivity index (χ2v) is 12.8. The van der Waals surface area contributed by atoms with E-state index in [-0.39, 0.29) is 47.8 Å². The summed E-state index contributed by atoms with van der Waals surface area (Å²) in [5.74, 6) is 1.95. The number of ether oxygens (including phenoxy) is 2. The van der Waals surface area contributed by atoms with Gasteiger partial charge in [0.2, 0.25) is 11.6 Å². The predicted octanol–water partition coefficient (Wildman–Crippen LogP) is 6.10. The highest BCUT2D eigenvalue weighted by molar-refractivity contribution is 6.39. The molecule has 1 aliphatic heterocycles. The fourth-order valence-electron chi connectivity index (χ4n) is 6.80. The Hall–Kier alpha value is -0.740. The Bertz CT molecular complexity index is 652. The highest BCUT2D eigenvalue weighted by atomic mass is 16.6. The molecule has 0 aromatic carbocycles. The molecule has 1 saturated heterocycles. The molecule has 4 heteroatoms. The van der Waals surface area contributed by atoms with Crippen molar-refractivity contribution in [3.05, 3.63) is 0 Å². The van der Waals surface area contributed by atoms with Crippen molar-refractivity contribution < 1.29 is 19.1 Å². The van der Waals surface area contributed by atoms with E-state index in [1.54, 1.807) is 0 Å². The van der Waals surface area contributed by atoms with Crippen molar-refractivity contribution >= 4 is 11.6 Å². The zero-order chi connectivity index (χ0) is 23.7. The molecule has 8 unspecified atom stereocenters. The monoisotopic (exact) mass is 448 g/mol. The van der Waals surface area contributed by atoms with Gasteiger partial charge in [0.15, 0.2) is 0 Å². The minimum Gasteiger partial charge on any atom is -0.369 e. The molecule has 3 aliphatic rings. The highest BCUT2D eigenvalue weighted by Gasteiger charge is 2.57. The van der Waals surface area contributed by atoms with Gasteiger partial charge in [0.1, 0.15) is 0 Å². The lowest BCUT2D eigenvalue weighted by molar-refractivity contribution is -0.276. The maximum Gasteiger partial charge on any atom is 0.204 e. The Labute approximate surface area is 196 Å². The van der Waals surface area contributed by atoms with E-state index in [0.717, 1.165) is 12.8 Å². The number of carbonyl (C=O) groups is 2. The Kier molecular flexibility index (Phi) is 8.63. The average Bonchev–Trinajstić information content (AvgIpc) is 2.66. The zero-order valence-corrected chi connectivity index (χ0v) is 21.8. The molecule has 0 spiro atoms. The van der Waals surface area contributed by atoms with Gasteiger partial charge in [0.05, 0.1) is 36.3 Å². The van der Waals surface area contributed by atoms with Crippen LogP contribution in [0.3, 0.4) is 0 Å². The number of fused-ring (bicyclic) bond motifs is 2. The number of carbonyl (C=O) groups excluding carboxylic acids is 2. The van der Waals surface area contributed by atoms with Crippen LogP contribution < -0.4 is 0 Å². The molecular weight excluding hydrogens is 400 g/mol. The number of ketones is 2. The minimum absolute atomic E-state index is 0.0489. The van der Waals surface area contributed by atoms with Crippen molar-refractivity contribution in [1.82, 2.24) is 0 Å². The zero-order valence-electron chi connectivity index (χ0n) is 21.8. The average molecular weight is 449 g/mol. The van der Waals surface area contributed by atoms with Crippen LogP contribution in [-0.4, -0.2) is 36.0 Å². The first-order valence-electron chi connectivity index (χ1n) is 13.4. The Morgan fingerprint density at radius 3 is 1.56 bits per heavy atom. The molecule has 2 aliphatic carbocycles. The largest absolute Gasteiger partial charge is 0.369 e. The fourth-order valence-corrected chi connectivity index (χ4v) is 6.80. The number of Topliss-reactive ketones (excluding diaryl/α,β-unsaturated/α-hetero) is 2. The summed E-state index contributed by atoms with van der Waals surface area (Å²) >= 11 is 0. The molecular formula is C28H48O4. The second-order valence-electron chi connectivity index (χ2n) is 12.8. The van der Waals surface area contributed by atoms with Gasteiger partial charge in [-0.2, -0.15) is 0 Å². The summed E-state index contributed by atoms with van der Waals surface area (Å²) < 4.78 is 13.8. The lowest BCUT2D eigenvalue weighted by atomic mass is 9.67. The second kappa shape index (κ2) is 10.7. The maximum atomic E-state index is 13.2. The highest BCUT2D eigenvalue weighted by Crippen LogP contribution is 2.47. The van der Waals surface area contributed by atoms with Crippen molar-refractivity contribution in [1.29, 1.82) is 0 Å². The molecule has 1 heterocycles. The van der Waals surface area contributed by atoms with Gasteiger partial charge in [0.25, 0.3) is 0 Å². The van der Waals surface area contributed by atoms with Gasteiger partial charge in [-0.05, 0) is 74.0 Å². The maximum absolute atomic E-state index is 13.2. The summed E-state index contributed by atoms with van der Waals surface area (Å²) in [6.45, 7) is 17.7. The summed E-state index contributed by atoms with van der Waals surface area (Å²) in [6, 6.07) is 0. The van der Waals surface area contributed by atoms with E-state index >= 15 is 0 Å². The SMILES string of the molecule is CC(C)CC1CC(CC(C)C)C2OC3C(CC(C)C)C(=O)C(=O)C(CC(C)C)C3OC2C1. The van der Waals surface area contributed by atoms with Gasteiger partial charge in [0, 0.05) is 0 Å². The normalized spacial score (nSPS) is 38.0. The third kappa shape index (κ3) is 5.84. The molecule has 0 amide bonds. The topological polar surface area (TPSA) is 52.6 Å². The number of rotatable bonds is 8. The van der Waals surface area contributed by atoms with Gasteiger partial charge in [-0.1, -0.05) is 55.4 Å². The lowest BCUT2D eigenvalue weighted by Crippen LogP contribution is -2.64. The fraction of sp³-hybridized carbons (Fsp3) is 0.929. The van der Waals surface area contributed by atoms with Crippen LogP contribution in [0.15, 0.2) is 0 Å². The Morgan fingerprint density at radius 1 is 0.625 bits per heavy atom. The smallest absolute Gasteiger partial charge is 0.204 e. The molecule has 3 rings (SSSR count). The number of hydrogen-bond donors (Lipinski definition) is 0. The van der Waals surface area contributed by atoms with Crippen LogP contribution in [0.2, 0.25) is 0 Å². The van der Waals surface area contributed by atoms with Crippen LogP contribution in [0.5, 0.6) is 0 Å². The molecule has 0 aromatic heterocycles. The molecule has 0 radical (unpaired) electrons. The summed E-state index contributed by atoms with van der Waals surface area (Å²) in [4.78, 5) is 26.4. The van der Waals surface area contributed by atoms with Gasteiger partial charge in [-0.3, -0.25) is 9.59 Å². The molecule has 0 N–H and O–H groups in total. The van der Waals surface area contributed by atoms with Crippen molar-refractivity contribution in [2.24, 2.45) is 47.3 Å². The van der Waals surface area contributed by atoms with E-state index in [1.807, 2.05) is 0 Å². The van der Waals surface area contributed by atoms with Gasteiger partial charge in [-0.15, -0.1) is 0 Å². The van der Waals surface area contributed by atoms with Crippen molar-refractivity contribution in [2.45, 2.75) is 118 Å². The van der Waals surface area contributed by atoms with Gasteiger partial charge >= 0.3 is 0 Å². The molecule has 0 bridgehead atoms. The third-order valence-corrected chi connectivity index (χ3v) is 7.74. The van der Waals surface area contributed by atoms with E-state index in [4.69, 9.17) is 9.47 Å². The van der Waals surface area contributed by atoms with E-state index in [0.29, 0.717) is 48.3 Å². The van der Waals surface area contributed by atoms with Crippen LogP contribution in [0.25, 0.3) is 0 Å². The van der Waals surface area contributed by atoms with E-state index in [2.05, 4.69) is 55.4 Å². The van der Waals surface area contributed by atoms with Gasteiger partial charge in [-0.25, -0.2) is 0 Å². The summed E-state index contributed by atoms with van der Waals surface area (Å²) in [5.41, 5.74) is 0. The Balaban J connectivity index is 1.91. The molecule has 3 fully saturated rings. The van der Waals surface area contributed by atoms with Crippen LogP contribution in [-0.2, 0) is 19.1 Å². The first-order chi connectivity index (χ1) is 15.0. The summed E-state index contributed by atoms with van der Waals surface area (Å²) in [5, 5.41) is 0. The molecule has 8 atom stereocenters. The summed E-state index contributed by atoms with van der Waals surface area (Å²) in [6.07, 6.45) is 5.52. The van der Waals surface area contributed by atoms with Crippen LogP contribution in [0.1, 0.15) is 93.9 Å².